The summed E-state index contributed by atoms with van der Waals surface area (Å²) in [6, 6.07) is 3.50. The van der Waals surface area contributed by atoms with E-state index >= 15 is 0 Å². The average molecular weight is 320 g/mol. The molecule has 0 aromatic heterocycles. The highest BCUT2D eigenvalue weighted by molar-refractivity contribution is 5.67. The summed E-state index contributed by atoms with van der Waals surface area (Å²) >= 11 is 0. The maximum absolute atomic E-state index is 14.3. The van der Waals surface area contributed by atoms with E-state index in [9.17, 15) is 4.39 Å². The Bertz CT molecular complexity index is 593. The Morgan fingerprint density at radius 2 is 2.09 bits per heavy atom. The zero-order valence-electron chi connectivity index (χ0n) is 14.6. The van der Waals surface area contributed by atoms with Crippen LogP contribution in [0.1, 0.15) is 24.5 Å². The molecule has 0 bridgehead atoms. The topological polar surface area (TPSA) is 51.9 Å². The molecule has 5 nitrogen and oxygen atoms in total. The first-order valence-corrected chi connectivity index (χ1v) is 7.65. The predicted octanol–water partition coefficient (Wildman–Crippen LogP) is 2.95. The molecule has 1 aromatic carbocycles. The van der Waals surface area contributed by atoms with Gasteiger partial charge in [-0.3, -0.25) is 0 Å². The van der Waals surface area contributed by atoms with Crippen molar-refractivity contribution in [3.05, 3.63) is 23.0 Å². The summed E-state index contributed by atoms with van der Waals surface area (Å²) in [6.07, 6.45) is 2.38. The fourth-order valence-corrected chi connectivity index (χ4v) is 1.92. The summed E-state index contributed by atoms with van der Waals surface area (Å²) in [7, 11) is 5.66. The van der Waals surface area contributed by atoms with Gasteiger partial charge in [-0.25, -0.2) is 9.38 Å². The van der Waals surface area contributed by atoms with Gasteiger partial charge in [0.15, 0.2) is 0 Å². The lowest BCUT2D eigenvalue weighted by molar-refractivity contribution is 0.266. The van der Waals surface area contributed by atoms with E-state index in [0.717, 1.165) is 19.5 Å². The highest BCUT2D eigenvalue weighted by Crippen LogP contribution is 2.32. The van der Waals surface area contributed by atoms with E-state index in [1.165, 1.54) is 6.34 Å². The molecule has 0 aliphatic heterocycles. The number of rotatable bonds is 8. The van der Waals surface area contributed by atoms with Gasteiger partial charge in [0.25, 0.3) is 0 Å². The molecule has 0 aliphatic carbocycles. The van der Waals surface area contributed by atoms with Crippen LogP contribution < -0.4 is 4.74 Å². The van der Waals surface area contributed by atoms with Crippen LogP contribution in [-0.4, -0.2) is 57.0 Å². The summed E-state index contributed by atoms with van der Waals surface area (Å²) < 4.78 is 20.0. The van der Waals surface area contributed by atoms with Crippen molar-refractivity contribution >= 4 is 12.0 Å². The molecule has 1 aromatic rings. The van der Waals surface area contributed by atoms with Crippen LogP contribution in [0, 0.1) is 24.1 Å². The Morgan fingerprint density at radius 1 is 1.39 bits per heavy atom. The summed E-state index contributed by atoms with van der Waals surface area (Å²) in [5, 5.41) is 9.16. The van der Waals surface area contributed by atoms with Gasteiger partial charge in [0.05, 0.1) is 18.6 Å². The minimum Gasteiger partial charge on any atom is -0.493 e. The lowest BCUT2D eigenvalue weighted by Crippen LogP contribution is -2.20. The Labute approximate surface area is 138 Å². The maximum Gasteiger partial charge on any atom is 0.149 e. The molecule has 0 radical (unpaired) electrons. The Hall–Kier alpha value is -2.13. The quantitative estimate of drug-likeness (QED) is 0.420. The second-order valence-corrected chi connectivity index (χ2v) is 5.63. The molecule has 0 spiro atoms. The Balaban J connectivity index is 2.93. The minimum absolute atomic E-state index is 0.0568. The van der Waals surface area contributed by atoms with Gasteiger partial charge < -0.3 is 14.5 Å². The third-order valence-electron chi connectivity index (χ3n) is 3.46. The van der Waals surface area contributed by atoms with Crippen LogP contribution in [0.3, 0.4) is 0 Å². The minimum atomic E-state index is -0.568. The molecule has 0 heterocycles. The summed E-state index contributed by atoms with van der Waals surface area (Å²) in [5.41, 5.74) is 0.567. The molecule has 0 N–H and O–H groups in total. The summed E-state index contributed by atoms with van der Waals surface area (Å²) in [6.45, 7) is 6.10. The first kappa shape index (κ1) is 18.9. The van der Waals surface area contributed by atoms with Crippen LogP contribution in [0.15, 0.2) is 11.1 Å². The second kappa shape index (κ2) is 9.11. The summed E-state index contributed by atoms with van der Waals surface area (Å²) in [5.74, 6) is -0.131. The lowest BCUT2D eigenvalue weighted by atomic mass is 10.1. The van der Waals surface area contributed by atoms with Crippen LogP contribution in [0.2, 0.25) is 0 Å². The normalized spacial score (nSPS) is 11.0. The van der Waals surface area contributed by atoms with Crippen molar-refractivity contribution in [3.8, 4) is 11.8 Å². The van der Waals surface area contributed by atoms with Crippen molar-refractivity contribution in [3.63, 3.8) is 0 Å². The number of nitrogens with zero attached hydrogens (tertiary/aromatic N) is 4. The lowest BCUT2D eigenvalue weighted by Gasteiger charge is -2.15. The zero-order chi connectivity index (χ0) is 17.4. The molecular weight excluding hydrogens is 295 g/mol. The van der Waals surface area contributed by atoms with Crippen LogP contribution in [-0.2, 0) is 0 Å². The van der Waals surface area contributed by atoms with Gasteiger partial charge >= 0.3 is 0 Å². The van der Waals surface area contributed by atoms with Crippen molar-refractivity contribution in [2.24, 2.45) is 4.99 Å². The Morgan fingerprint density at radius 3 is 2.65 bits per heavy atom. The monoisotopic (exact) mass is 320 g/mol. The van der Waals surface area contributed by atoms with Gasteiger partial charge in [-0.15, -0.1) is 0 Å². The van der Waals surface area contributed by atoms with Crippen molar-refractivity contribution in [2.75, 3.05) is 40.8 Å². The molecule has 0 saturated heterocycles. The maximum atomic E-state index is 14.3. The molecule has 0 fully saturated rings. The number of benzene rings is 1. The largest absolute Gasteiger partial charge is 0.493 e. The van der Waals surface area contributed by atoms with Crippen LogP contribution in [0.25, 0.3) is 0 Å². The number of halogens is 1. The van der Waals surface area contributed by atoms with E-state index < -0.39 is 5.82 Å². The van der Waals surface area contributed by atoms with E-state index in [2.05, 4.69) is 16.8 Å². The average Bonchev–Trinajstić information content (AvgIpc) is 2.53. The fraction of sp³-hybridized carbons (Fsp3) is 0.529. The van der Waals surface area contributed by atoms with E-state index in [1.54, 1.807) is 17.9 Å². The van der Waals surface area contributed by atoms with Gasteiger partial charge in [-0.2, -0.15) is 5.26 Å². The van der Waals surface area contributed by atoms with Crippen molar-refractivity contribution in [1.29, 1.82) is 5.26 Å². The van der Waals surface area contributed by atoms with Gasteiger partial charge in [0.1, 0.15) is 23.2 Å². The van der Waals surface area contributed by atoms with Crippen LogP contribution in [0.4, 0.5) is 10.1 Å². The van der Waals surface area contributed by atoms with Gasteiger partial charge in [-0.1, -0.05) is 6.92 Å². The van der Waals surface area contributed by atoms with E-state index in [-0.39, 0.29) is 11.3 Å². The standard InChI is InChI=1S/C17H25FN4O/c1-6-22(5)8-7-9-23-16-10-15(20-12-21(3)4)14(11-19)17(18)13(16)2/h10,12H,6-9H2,1-5H3/b20-12+. The Kier molecular flexibility index (Phi) is 7.49. The summed E-state index contributed by atoms with van der Waals surface area (Å²) in [4.78, 5) is 8.06. The molecule has 23 heavy (non-hydrogen) atoms. The molecule has 0 unspecified atom stereocenters. The first-order valence-electron chi connectivity index (χ1n) is 7.65. The molecule has 126 valence electrons. The zero-order valence-corrected chi connectivity index (χ0v) is 14.6. The highest BCUT2D eigenvalue weighted by atomic mass is 19.1. The molecule has 0 amide bonds. The van der Waals surface area contributed by atoms with Gasteiger partial charge in [0, 0.05) is 32.3 Å². The molecule has 0 saturated carbocycles. The van der Waals surface area contributed by atoms with E-state index in [4.69, 9.17) is 10.00 Å². The number of ether oxygens (including phenoxy) is 1. The van der Waals surface area contributed by atoms with Crippen LogP contribution in [0.5, 0.6) is 5.75 Å². The van der Waals surface area contributed by atoms with Crippen molar-refractivity contribution < 1.29 is 9.13 Å². The molecule has 1 rings (SSSR count). The number of aliphatic imine (C=N–C) groups is 1. The SMILES string of the molecule is CCN(C)CCCOc1cc(/N=C/N(C)C)c(C#N)c(F)c1C. The fourth-order valence-electron chi connectivity index (χ4n) is 1.92. The van der Waals surface area contributed by atoms with Crippen molar-refractivity contribution in [2.45, 2.75) is 20.3 Å². The predicted molar refractivity (Wildman–Crippen MR) is 91.0 cm³/mol. The number of nitriles is 1. The second-order valence-electron chi connectivity index (χ2n) is 5.63. The van der Waals surface area contributed by atoms with E-state index in [1.807, 2.05) is 27.2 Å². The highest BCUT2D eigenvalue weighted by Gasteiger charge is 2.16. The third kappa shape index (κ3) is 5.53. The molecule has 0 aliphatic rings. The van der Waals surface area contributed by atoms with Crippen LogP contribution >= 0.6 is 0 Å². The van der Waals surface area contributed by atoms with Crippen molar-refractivity contribution in [1.82, 2.24) is 9.80 Å². The first-order chi connectivity index (χ1) is 10.9. The van der Waals surface area contributed by atoms with Gasteiger partial charge in [-0.05, 0) is 26.9 Å². The number of hydrogen-bond donors (Lipinski definition) is 0. The molecular formula is C17H25FN4O. The molecule has 0 atom stereocenters. The third-order valence-corrected chi connectivity index (χ3v) is 3.46. The molecule has 6 heteroatoms. The smallest absolute Gasteiger partial charge is 0.149 e. The van der Waals surface area contributed by atoms with Gasteiger partial charge in [0.2, 0.25) is 0 Å². The van der Waals surface area contributed by atoms with E-state index in [0.29, 0.717) is 17.9 Å². The number of hydrogen-bond acceptors (Lipinski definition) is 4.